The number of nitrogens with two attached hydrogens (primary N) is 1. The van der Waals surface area contributed by atoms with Gasteiger partial charge in [0, 0.05) is 41.8 Å². The van der Waals surface area contributed by atoms with E-state index in [0.29, 0.717) is 18.6 Å². The lowest BCUT2D eigenvalue weighted by molar-refractivity contribution is 0.497. The van der Waals surface area contributed by atoms with Crippen LogP contribution >= 0.6 is 0 Å². The predicted molar refractivity (Wildman–Crippen MR) is 89.3 cm³/mol. The zero-order valence-corrected chi connectivity index (χ0v) is 13.2. The summed E-state index contributed by atoms with van der Waals surface area (Å²) in [4.78, 5) is 0. The van der Waals surface area contributed by atoms with Crippen molar-refractivity contribution in [2.24, 2.45) is 5.73 Å². The minimum Gasteiger partial charge on any atom is -0.341 e. The van der Waals surface area contributed by atoms with Gasteiger partial charge in [0.05, 0.1) is 0 Å². The molecule has 21 heavy (non-hydrogen) atoms. The summed E-state index contributed by atoms with van der Waals surface area (Å²) in [5.41, 5.74) is 9.84. The molecule has 1 aromatic heterocycles. The number of hydrogen-bond donors (Lipinski definition) is 2. The molecule has 1 saturated carbocycles. The quantitative estimate of drug-likeness (QED) is 0.879. The molecule has 0 bridgehead atoms. The molecule has 114 valence electrons. The molecular formula is C18H27N3. The van der Waals surface area contributed by atoms with Crippen molar-refractivity contribution in [3.05, 3.63) is 35.5 Å². The summed E-state index contributed by atoms with van der Waals surface area (Å²) in [5, 5.41) is 5.06. The van der Waals surface area contributed by atoms with Crippen molar-refractivity contribution in [2.75, 3.05) is 0 Å². The molecule has 1 aromatic carbocycles. The Kier molecular flexibility index (Phi) is 4.32. The number of benzene rings is 1. The summed E-state index contributed by atoms with van der Waals surface area (Å²) >= 11 is 0. The van der Waals surface area contributed by atoms with E-state index in [-0.39, 0.29) is 0 Å². The van der Waals surface area contributed by atoms with Crippen molar-refractivity contribution in [1.29, 1.82) is 0 Å². The van der Waals surface area contributed by atoms with Gasteiger partial charge in [-0.2, -0.15) is 0 Å². The van der Waals surface area contributed by atoms with Crippen molar-refractivity contribution >= 4 is 10.9 Å². The van der Waals surface area contributed by atoms with Gasteiger partial charge in [0.1, 0.15) is 0 Å². The Hall–Kier alpha value is -1.32. The second kappa shape index (κ2) is 6.20. The van der Waals surface area contributed by atoms with E-state index in [1.54, 1.807) is 0 Å². The topological polar surface area (TPSA) is 43.0 Å². The molecule has 0 spiro atoms. The SMILES string of the molecule is CC(C)n1c(CNC2CCCC2)cc2c(CN)cccc21. The molecule has 0 unspecified atom stereocenters. The molecule has 3 rings (SSSR count). The van der Waals surface area contributed by atoms with E-state index in [0.717, 1.165) is 6.54 Å². The lowest BCUT2D eigenvalue weighted by atomic mass is 10.1. The zero-order chi connectivity index (χ0) is 14.8. The van der Waals surface area contributed by atoms with Gasteiger partial charge >= 0.3 is 0 Å². The highest BCUT2D eigenvalue weighted by Crippen LogP contribution is 2.27. The van der Waals surface area contributed by atoms with Crippen molar-refractivity contribution in [1.82, 2.24) is 9.88 Å². The number of nitrogens with one attached hydrogen (secondary N) is 1. The molecule has 1 fully saturated rings. The van der Waals surface area contributed by atoms with Crippen molar-refractivity contribution in [3.8, 4) is 0 Å². The van der Waals surface area contributed by atoms with Crippen LogP contribution in [0.4, 0.5) is 0 Å². The molecule has 0 radical (unpaired) electrons. The third kappa shape index (κ3) is 2.85. The van der Waals surface area contributed by atoms with Crippen LogP contribution in [0.3, 0.4) is 0 Å². The lowest BCUT2D eigenvalue weighted by Gasteiger charge is -2.17. The first kappa shape index (κ1) is 14.6. The summed E-state index contributed by atoms with van der Waals surface area (Å²) < 4.78 is 2.45. The molecule has 0 amide bonds. The third-order valence-corrected chi connectivity index (χ3v) is 4.72. The highest BCUT2D eigenvalue weighted by molar-refractivity contribution is 5.85. The van der Waals surface area contributed by atoms with Crippen LogP contribution in [-0.2, 0) is 13.1 Å². The van der Waals surface area contributed by atoms with Crippen LogP contribution in [-0.4, -0.2) is 10.6 Å². The zero-order valence-electron chi connectivity index (χ0n) is 13.2. The lowest BCUT2D eigenvalue weighted by Crippen LogP contribution is -2.26. The van der Waals surface area contributed by atoms with Gasteiger partial charge < -0.3 is 15.6 Å². The largest absolute Gasteiger partial charge is 0.341 e. The molecule has 3 heteroatoms. The van der Waals surface area contributed by atoms with Crippen LogP contribution in [0, 0.1) is 0 Å². The molecule has 0 saturated heterocycles. The van der Waals surface area contributed by atoms with Gasteiger partial charge in [-0.1, -0.05) is 25.0 Å². The van der Waals surface area contributed by atoms with E-state index in [9.17, 15) is 0 Å². The summed E-state index contributed by atoms with van der Waals surface area (Å²) in [6, 6.07) is 9.99. The predicted octanol–water partition coefficient (Wildman–Crippen LogP) is 3.71. The standard InChI is InChI=1S/C18H27N3/c1-13(2)21-16(12-20-15-7-3-4-8-15)10-17-14(11-19)6-5-9-18(17)21/h5-6,9-10,13,15,20H,3-4,7-8,11-12,19H2,1-2H3. The van der Waals surface area contributed by atoms with Gasteiger partial charge in [-0.3, -0.25) is 0 Å². The van der Waals surface area contributed by atoms with E-state index in [1.807, 2.05) is 0 Å². The fourth-order valence-electron chi connectivity index (χ4n) is 3.67. The van der Waals surface area contributed by atoms with Crippen LogP contribution in [0.15, 0.2) is 24.3 Å². The summed E-state index contributed by atoms with van der Waals surface area (Å²) in [6.45, 7) is 6.08. The monoisotopic (exact) mass is 285 g/mol. The van der Waals surface area contributed by atoms with Crippen molar-refractivity contribution in [3.63, 3.8) is 0 Å². The van der Waals surface area contributed by atoms with Crippen LogP contribution in [0.5, 0.6) is 0 Å². The van der Waals surface area contributed by atoms with E-state index in [1.165, 1.54) is 47.8 Å². The first-order chi connectivity index (χ1) is 10.2. The molecule has 1 aliphatic rings. The minimum atomic E-state index is 0.468. The van der Waals surface area contributed by atoms with Crippen molar-refractivity contribution < 1.29 is 0 Å². The summed E-state index contributed by atoms with van der Waals surface area (Å²) in [7, 11) is 0. The van der Waals surface area contributed by atoms with E-state index < -0.39 is 0 Å². The second-order valence-electron chi connectivity index (χ2n) is 6.52. The Morgan fingerprint density at radius 3 is 2.71 bits per heavy atom. The molecule has 2 aromatic rings. The summed E-state index contributed by atoms with van der Waals surface area (Å²) in [6.07, 6.45) is 5.41. The van der Waals surface area contributed by atoms with E-state index >= 15 is 0 Å². The smallest absolute Gasteiger partial charge is 0.0488 e. The molecule has 0 aliphatic heterocycles. The molecule has 3 nitrogen and oxygen atoms in total. The van der Waals surface area contributed by atoms with Gasteiger partial charge in [-0.25, -0.2) is 0 Å². The maximum absolute atomic E-state index is 5.90. The number of nitrogens with zero attached hydrogens (tertiary/aromatic N) is 1. The Balaban J connectivity index is 1.94. The van der Waals surface area contributed by atoms with Gasteiger partial charge in [0.2, 0.25) is 0 Å². The molecule has 1 heterocycles. The number of aromatic nitrogens is 1. The fraction of sp³-hybridized carbons (Fsp3) is 0.556. The number of rotatable bonds is 5. The number of hydrogen-bond acceptors (Lipinski definition) is 2. The highest BCUT2D eigenvalue weighted by atomic mass is 15.0. The molecule has 1 aliphatic carbocycles. The van der Waals surface area contributed by atoms with Gasteiger partial charge in [-0.05, 0) is 44.4 Å². The normalized spacial score (nSPS) is 16.4. The fourth-order valence-corrected chi connectivity index (χ4v) is 3.67. The molecular weight excluding hydrogens is 258 g/mol. The van der Waals surface area contributed by atoms with Gasteiger partial charge in [0.25, 0.3) is 0 Å². The highest BCUT2D eigenvalue weighted by Gasteiger charge is 2.17. The average Bonchev–Trinajstić information content (AvgIpc) is 3.11. The second-order valence-corrected chi connectivity index (χ2v) is 6.52. The Morgan fingerprint density at radius 2 is 2.05 bits per heavy atom. The van der Waals surface area contributed by atoms with Gasteiger partial charge in [0.15, 0.2) is 0 Å². The van der Waals surface area contributed by atoms with Crippen LogP contribution < -0.4 is 11.1 Å². The first-order valence-electron chi connectivity index (χ1n) is 8.26. The van der Waals surface area contributed by atoms with Crippen LogP contribution in [0.1, 0.15) is 56.8 Å². The summed E-state index contributed by atoms with van der Waals surface area (Å²) in [5.74, 6) is 0. The Labute approximate surface area is 127 Å². The average molecular weight is 285 g/mol. The van der Waals surface area contributed by atoms with Gasteiger partial charge in [-0.15, -0.1) is 0 Å². The Morgan fingerprint density at radius 1 is 1.29 bits per heavy atom. The number of fused-ring (bicyclic) bond motifs is 1. The van der Waals surface area contributed by atoms with Crippen LogP contribution in [0.2, 0.25) is 0 Å². The first-order valence-corrected chi connectivity index (χ1v) is 8.26. The maximum atomic E-state index is 5.90. The molecule has 3 N–H and O–H groups in total. The maximum Gasteiger partial charge on any atom is 0.0488 e. The van der Waals surface area contributed by atoms with E-state index in [4.69, 9.17) is 5.73 Å². The van der Waals surface area contributed by atoms with E-state index in [2.05, 4.69) is 48.0 Å². The van der Waals surface area contributed by atoms with Crippen LogP contribution in [0.25, 0.3) is 10.9 Å². The Bertz CT molecular complexity index is 606. The minimum absolute atomic E-state index is 0.468. The van der Waals surface area contributed by atoms with Crippen molar-refractivity contribution in [2.45, 2.75) is 64.7 Å². The molecule has 0 atom stereocenters. The third-order valence-electron chi connectivity index (χ3n) is 4.72.